The average Bonchev–Trinajstić information content (AvgIpc) is 2.68. The summed E-state index contributed by atoms with van der Waals surface area (Å²) in [6.45, 7) is 4.61. The summed E-state index contributed by atoms with van der Waals surface area (Å²) in [5, 5.41) is 12.2. The number of hydrogen-bond donors (Lipinski definition) is 2. The van der Waals surface area contributed by atoms with Crippen LogP contribution in [0, 0.1) is 0 Å². The van der Waals surface area contributed by atoms with E-state index in [-0.39, 0.29) is 0 Å². The molecule has 0 rings (SSSR count). The van der Waals surface area contributed by atoms with Crippen LogP contribution in [0.5, 0.6) is 0 Å². The fraction of sp³-hybridized carbons (Fsp3) is 1.00. The Hall–Kier alpha value is -0.160. The summed E-state index contributed by atoms with van der Waals surface area (Å²) in [6, 6.07) is 0. The first-order valence-corrected chi connectivity index (χ1v) is 11.8. The molecular weight excluding hydrogens is 338 g/mol. The van der Waals surface area contributed by atoms with Crippen LogP contribution in [0.4, 0.5) is 0 Å². The van der Waals surface area contributed by atoms with E-state index >= 15 is 0 Å². The first-order valence-electron chi connectivity index (χ1n) is 11.8. The van der Waals surface area contributed by atoms with Gasteiger partial charge in [-0.3, -0.25) is 0 Å². The SMILES string of the molecule is COCCOCCNCCCCCCCCCCCCCCCCCCO. The van der Waals surface area contributed by atoms with E-state index in [1.54, 1.807) is 7.11 Å². The van der Waals surface area contributed by atoms with Crippen LogP contribution in [0.25, 0.3) is 0 Å². The first-order chi connectivity index (χ1) is 13.4. The molecule has 0 heterocycles. The molecule has 0 aromatic heterocycles. The summed E-state index contributed by atoms with van der Waals surface area (Å²) in [7, 11) is 1.70. The van der Waals surface area contributed by atoms with E-state index in [1.165, 1.54) is 96.3 Å². The van der Waals surface area contributed by atoms with Gasteiger partial charge in [0.2, 0.25) is 0 Å². The van der Waals surface area contributed by atoms with Crippen molar-refractivity contribution in [3.63, 3.8) is 0 Å². The van der Waals surface area contributed by atoms with Gasteiger partial charge in [-0.25, -0.2) is 0 Å². The first kappa shape index (κ1) is 26.8. The smallest absolute Gasteiger partial charge is 0.0700 e. The fourth-order valence-electron chi connectivity index (χ4n) is 3.35. The normalized spacial score (nSPS) is 11.3. The highest BCUT2D eigenvalue weighted by Crippen LogP contribution is 2.13. The topological polar surface area (TPSA) is 50.7 Å². The zero-order valence-electron chi connectivity index (χ0n) is 18.3. The van der Waals surface area contributed by atoms with Crippen molar-refractivity contribution in [3.05, 3.63) is 0 Å². The highest BCUT2D eigenvalue weighted by atomic mass is 16.5. The van der Waals surface area contributed by atoms with Crippen molar-refractivity contribution in [3.8, 4) is 0 Å². The van der Waals surface area contributed by atoms with Gasteiger partial charge in [-0.15, -0.1) is 0 Å². The second-order valence-corrected chi connectivity index (χ2v) is 7.74. The Morgan fingerprint density at radius 1 is 0.519 bits per heavy atom. The molecule has 0 saturated carbocycles. The third-order valence-corrected chi connectivity index (χ3v) is 5.12. The van der Waals surface area contributed by atoms with E-state index in [2.05, 4.69) is 5.32 Å². The number of unbranched alkanes of at least 4 members (excludes halogenated alkanes) is 15. The standard InChI is InChI=1S/C23H49NO3/c1-26-22-23-27-21-19-24-18-16-14-12-10-8-6-4-2-3-5-7-9-11-13-15-17-20-25/h24-25H,2-23H2,1H3. The molecule has 0 spiro atoms. The summed E-state index contributed by atoms with van der Waals surface area (Å²) in [5.41, 5.74) is 0. The summed E-state index contributed by atoms with van der Waals surface area (Å²) in [5.74, 6) is 0. The van der Waals surface area contributed by atoms with Gasteiger partial charge in [-0.05, 0) is 19.4 Å². The molecule has 0 amide bonds. The number of nitrogens with one attached hydrogen (secondary N) is 1. The van der Waals surface area contributed by atoms with Crippen LogP contribution < -0.4 is 5.32 Å². The van der Waals surface area contributed by atoms with Gasteiger partial charge in [0.1, 0.15) is 0 Å². The van der Waals surface area contributed by atoms with Crippen molar-refractivity contribution in [1.29, 1.82) is 0 Å². The lowest BCUT2D eigenvalue weighted by molar-refractivity contribution is 0.0720. The van der Waals surface area contributed by atoms with Crippen LogP contribution in [0.2, 0.25) is 0 Å². The third-order valence-electron chi connectivity index (χ3n) is 5.12. The lowest BCUT2D eigenvalue weighted by Crippen LogP contribution is -2.21. The molecule has 4 heteroatoms. The fourth-order valence-corrected chi connectivity index (χ4v) is 3.35. The number of ether oxygens (including phenoxy) is 2. The lowest BCUT2D eigenvalue weighted by Gasteiger charge is -2.06. The molecule has 0 bridgehead atoms. The Morgan fingerprint density at radius 2 is 0.963 bits per heavy atom. The summed E-state index contributed by atoms with van der Waals surface area (Å²) >= 11 is 0. The summed E-state index contributed by atoms with van der Waals surface area (Å²) in [6.07, 6.45) is 21.7. The third kappa shape index (κ3) is 25.8. The molecule has 0 aliphatic rings. The van der Waals surface area contributed by atoms with Crippen LogP contribution in [0.1, 0.15) is 103 Å². The van der Waals surface area contributed by atoms with Gasteiger partial charge >= 0.3 is 0 Å². The Balaban J connectivity index is 2.95. The molecule has 0 fully saturated rings. The van der Waals surface area contributed by atoms with Crippen molar-refractivity contribution in [2.75, 3.05) is 46.6 Å². The molecule has 0 unspecified atom stereocenters. The number of aliphatic hydroxyl groups excluding tert-OH is 1. The molecule has 4 nitrogen and oxygen atoms in total. The molecule has 164 valence electrons. The Kier molecular flexibility index (Phi) is 25.7. The molecule has 2 N–H and O–H groups in total. The molecule has 0 aromatic rings. The maximum atomic E-state index is 8.73. The number of rotatable bonds is 24. The van der Waals surface area contributed by atoms with Gasteiger partial charge in [0, 0.05) is 20.3 Å². The van der Waals surface area contributed by atoms with Crippen molar-refractivity contribution in [2.24, 2.45) is 0 Å². The van der Waals surface area contributed by atoms with Crippen molar-refractivity contribution in [2.45, 2.75) is 103 Å². The Labute approximate surface area is 169 Å². The quantitative estimate of drug-likeness (QED) is 0.216. The minimum atomic E-state index is 0.364. The molecule has 0 aliphatic heterocycles. The maximum Gasteiger partial charge on any atom is 0.0700 e. The maximum absolute atomic E-state index is 8.73. The van der Waals surface area contributed by atoms with Gasteiger partial charge in [-0.2, -0.15) is 0 Å². The van der Waals surface area contributed by atoms with Crippen molar-refractivity contribution in [1.82, 2.24) is 5.32 Å². The van der Waals surface area contributed by atoms with E-state index in [1.807, 2.05) is 0 Å². The predicted molar refractivity (Wildman–Crippen MR) is 117 cm³/mol. The molecular formula is C23H49NO3. The molecule has 27 heavy (non-hydrogen) atoms. The van der Waals surface area contributed by atoms with Gasteiger partial charge in [0.15, 0.2) is 0 Å². The molecule has 0 radical (unpaired) electrons. The van der Waals surface area contributed by atoms with Gasteiger partial charge in [-0.1, -0.05) is 89.9 Å². The van der Waals surface area contributed by atoms with E-state index in [0.717, 1.165) is 26.1 Å². The molecule has 0 atom stereocenters. The Morgan fingerprint density at radius 3 is 1.41 bits per heavy atom. The van der Waals surface area contributed by atoms with Crippen LogP contribution >= 0.6 is 0 Å². The number of aliphatic hydroxyl groups is 1. The number of methoxy groups -OCH3 is 1. The zero-order valence-corrected chi connectivity index (χ0v) is 18.3. The second-order valence-electron chi connectivity index (χ2n) is 7.74. The predicted octanol–water partition coefficient (Wildman–Crippen LogP) is 5.47. The van der Waals surface area contributed by atoms with Crippen LogP contribution in [-0.4, -0.2) is 51.7 Å². The molecule has 0 aromatic carbocycles. The monoisotopic (exact) mass is 387 g/mol. The number of hydrogen-bond acceptors (Lipinski definition) is 4. The average molecular weight is 388 g/mol. The minimum Gasteiger partial charge on any atom is -0.396 e. The highest BCUT2D eigenvalue weighted by molar-refractivity contribution is 4.52. The second kappa shape index (κ2) is 25.8. The summed E-state index contributed by atoms with van der Waals surface area (Å²) in [4.78, 5) is 0. The van der Waals surface area contributed by atoms with Crippen molar-refractivity contribution < 1.29 is 14.6 Å². The summed E-state index contributed by atoms with van der Waals surface area (Å²) < 4.78 is 10.4. The molecule has 0 aliphatic carbocycles. The largest absolute Gasteiger partial charge is 0.396 e. The minimum absolute atomic E-state index is 0.364. The Bertz CT molecular complexity index is 228. The van der Waals surface area contributed by atoms with E-state index in [0.29, 0.717) is 19.8 Å². The van der Waals surface area contributed by atoms with Gasteiger partial charge < -0.3 is 19.9 Å². The van der Waals surface area contributed by atoms with Gasteiger partial charge in [0.05, 0.1) is 19.8 Å². The van der Waals surface area contributed by atoms with Crippen LogP contribution in [0.3, 0.4) is 0 Å². The highest BCUT2D eigenvalue weighted by Gasteiger charge is 1.95. The van der Waals surface area contributed by atoms with E-state index in [9.17, 15) is 0 Å². The molecule has 0 saturated heterocycles. The lowest BCUT2D eigenvalue weighted by atomic mass is 10.0. The van der Waals surface area contributed by atoms with Crippen LogP contribution in [-0.2, 0) is 9.47 Å². The zero-order chi connectivity index (χ0) is 19.7. The van der Waals surface area contributed by atoms with E-state index in [4.69, 9.17) is 14.6 Å². The van der Waals surface area contributed by atoms with Gasteiger partial charge in [0.25, 0.3) is 0 Å². The van der Waals surface area contributed by atoms with E-state index < -0.39 is 0 Å². The van der Waals surface area contributed by atoms with Crippen LogP contribution in [0.15, 0.2) is 0 Å². The van der Waals surface area contributed by atoms with Crippen molar-refractivity contribution >= 4 is 0 Å².